The Morgan fingerprint density at radius 2 is 1.50 bits per heavy atom. The number of allylic oxidation sites excluding steroid dienone is 2. The van der Waals surface area contributed by atoms with E-state index >= 15 is 0 Å². The molecule has 0 aromatic carbocycles. The molecule has 0 radical (unpaired) electrons. The molecule has 0 saturated heterocycles. The van der Waals surface area contributed by atoms with E-state index < -0.39 is 16.6 Å². The Balaban J connectivity index is 1.75. The van der Waals surface area contributed by atoms with Gasteiger partial charge >= 0.3 is 0 Å². The van der Waals surface area contributed by atoms with E-state index in [1.54, 1.807) is 5.57 Å². The van der Waals surface area contributed by atoms with Gasteiger partial charge in [-0.15, -0.1) is 0 Å². The third-order valence-electron chi connectivity index (χ3n) is 14.3. The number of hydrogen-bond donors (Lipinski definition) is 1. The van der Waals surface area contributed by atoms with Crippen LogP contribution in [-0.4, -0.2) is 40.1 Å². The lowest BCUT2D eigenvalue weighted by molar-refractivity contribution is -0.0581. The molecule has 1 N–H and O–H groups in total. The van der Waals surface area contributed by atoms with Gasteiger partial charge in [-0.3, -0.25) is 0 Å². The van der Waals surface area contributed by atoms with Crippen molar-refractivity contribution in [2.75, 3.05) is 0 Å². The smallest absolute Gasteiger partial charge is 0.192 e. The number of hydrogen-bond acceptors (Lipinski definition) is 3. The summed E-state index contributed by atoms with van der Waals surface area (Å²) in [4.78, 5) is 0. The Kier molecular flexibility index (Phi) is 10.3. The van der Waals surface area contributed by atoms with Crippen molar-refractivity contribution in [3.05, 3.63) is 23.3 Å². The lowest BCUT2D eigenvalue weighted by Crippen LogP contribution is -2.57. The molecule has 9 atom stereocenters. The second kappa shape index (κ2) is 12.4. The number of aliphatic hydroxyl groups excluding tert-OH is 1. The van der Waals surface area contributed by atoms with Crippen LogP contribution in [-0.2, 0) is 8.85 Å². The van der Waals surface area contributed by atoms with Gasteiger partial charge in [-0.05, 0) is 122 Å². The molecule has 3 fully saturated rings. The second-order valence-corrected chi connectivity index (χ2v) is 29.3. The highest BCUT2D eigenvalue weighted by Gasteiger charge is 2.62. The van der Waals surface area contributed by atoms with Crippen molar-refractivity contribution in [3.63, 3.8) is 0 Å². The van der Waals surface area contributed by atoms with E-state index in [9.17, 15) is 5.11 Å². The fourth-order valence-corrected chi connectivity index (χ4v) is 12.2. The van der Waals surface area contributed by atoms with Crippen LogP contribution in [0, 0.1) is 40.4 Å². The molecule has 0 unspecified atom stereocenters. The maximum Gasteiger partial charge on any atom is 0.192 e. The van der Waals surface area contributed by atoms with Crippen molar-refractivity contribution >= 4 is 16.6 Å². The highest BCUT2D eigenvalue weighted by Crippen LogP contribution is 2.67. The van der Waals surface area contributed by atoms with Gasteiger partial charge in [0.2, 0.25) is 0 Å². The van der Waals surface area contributed by atoms with Gasteiger partial charge < -0.3 is 14.0 Å². The molecule has 4 aliphatic carbocycles. The standard InChI is InChI=1S/C39H72O3Si2/c1-26(2)16-21-33(41-43(12,13)36(4,5)6)27(3)31-19-20-32-30-18-17-28-24-29(40)22-23-38(28,10)35(30)34(25-39(31,32)11)42-44(14,15)37(7,8)9/h17-18,26-27,29,31-35,40H,16,19-25H2,1-15H3/t27-,29-,31+,32-,33+,34+,35+,38-,39+/m0/s1. The van der Waals surface area contributed by atoms with Crippen molar-refractivity contribution in [2.45, 2.75) is 182 Å². The maximum atomic E-state index is 10.7. The number of rotatable bonds is 9. The largest absolute Gasteiger partial charge is 0.414 e. The van der Waals surface area contributed by atoms with Gasteiger partial charge in [0, 0.05) is 12.0 Å². The summed E-state index contributed by atoms with van der Waals surface area (Å²) in [5.41, 5.74) is 3.45. The van der Waals surface area contributed by atoms with E-state index in [1.807, 2.05) is 0 Å². The minimum atomic E-state index is -2.01. The first-order valence-corrected chi connectivity index (χ1v) is 24.2. The fraction of sp³-hybridized carbons (Fsp3) is 0.897. The van der Waals surface area contributed by atoms with Crippen LogP contribution in [0.4, 0.5) is 0 Å². The Hall–Kier alpha value is -0.206. The third kappa shape index (κ3) is 6.71. The lowest BCUT2D eigenvalue weighted by atomic mass is 9.49. The van der Waals surface area contributed by atoms with Crippen LogP contribution in [0.2, 0.25) is 36.3 Å². The van der Waals surface area contributed by atoms with Gasteiger partial charge in [-0.1, -0.05) is 99.5 Å². The Morgan fingerprint density at radius 1 is 0.886 bits per heavy atom. The van der Waals surface area contributed by atoms with E-state index in [2.05, 4.69) is 115 Å². The average Bonchev–Trinajstić information content (AvgIpc) is 3.21. The van der Waals surface area contributed by atoms with Crippen molar-refractivity contribution in [2.24, 2.45) is 40.4 Å². The molecule has 0 aromatic heterocycles. The molecule has 44 heavy (non-hydrogen) atoms. The monoisotopic (exact) mass is 645 g/mol. The first-order chi connectivity index (χ1) is 19.9. The molecule has 4 rings (SSSR count). The molecule has 5 heteroatoms. The maximum absolute atomic E-state index is 10.7. The van der Waals surface area contributed by atoms with Gasteiger partial charge in [0.15, 0.2) is 16.6 Å². The molecule has 0 bridgehead atoms. The molecule has 0 aliphatic heterocycles. The average molecular weight is 645 g/mol. The zero-order chi connectivity index (χ0) is 33.3. The topological polar surface area (TPSA) is 38.7 Å². The Morgan fingerprint density at radius 3 is 2.07 bits per heavy atom. The second-order valence-electron chi connectivity index (χ2n) is 19.8. The predicted molar refractivity (Wildman–Crippen MR) is 194 cm³/mol. The summed E-state index contributed by atoms with van der Waals surface area (Å²) >= 11 is 0. The van der Waals surface area contributed by atoms with Crippen molar-refractivity contribution in [3.8, 4) is 0 Å². The summed E-state index contributed by atoms with van der Waals surface area (Å²) in [6, 6.07) is 0. The van der Waals surface area contributed by atoms with Gasteiger partial charge in [-0.2, -0.15) is 0 Å². The molecule has 3 nitrogen and oxygen atoms in total. The zero-order valence-electron chi connectivity index (χ0n) is 31.7. The van der Waals surface area contributed by atoms with Gasteiger partial charge in [0.1, 0.15) is 0 Å². The van der Waals surface area contributed by atoms with Crippen molar-refractivity contribution in [1.29, 1.82) is 0 Å². The Labute approximate surface area is 275 Å². The SMILES string of the molecule is CC(C)CC[C@@H](O[Si](C)(C)C(C)(C)C)[C@@H](C)[C@H]1CC[C@H]2C3=CC=C4C[C@@H](O)CC[C@]4(C)[C@H]3[C@H](O[Si](C)(C)C(C)(C)C)C[C@]12C. The summed E-state index contributed by atoms with van der Waals surface area (Å²) < 4.78 is 15.0. The summed E-state index contributed by atoms with van der Waals surface area (Å²) in [5, 5.41) is 11.1. The Bertz CT molecular complexity index is 1090. The summed E-state index contributed by atoms with van der Waals surface area (Å²) in [7, 11) is -3.92. The third-order valence-corrected chi connectivity index (χ3v) is 23.3. The first-order valence-electron chi connectivity index (χ1n) is 18.4. The molecule has 254 valence electrons. The molecule has 0 heterocycles. The van der Waals surface area contributed by atoms with E-state index in [1.165, 1.54) is 31.3 Å². The van der Waals surface area contributed by atoms with Crippen molar-refractivity contribution < 1.29 is 14.0 Å². The van der Waals surface area contributed by atoms with Gasteiger partial charge in [-0.25, -0.2) is 0 Å². The highest BCUT2D eigenvalue weighted by molar-refractivity contribution is 6.74. The molecule has 4 aliphatic rings. The van der Waals surface area contributed by atoms with Crippen molar-refractivity contribution in [1.82, 2.24) is 0 Å². The summed E-state index contributed by atoms with van der Waals surface area (Å²) in [6.45, 7) is 36.7. The lowest BCUT2D eigenvalue weighted by Gasteiger charge is -2.59. The molecule has 3 saturated carbocycles. The van der Waals surface area contributed by atoms with E-state index in [4.69, 9.17) is 8.85 Å². The van der Waals surface area contributed by atoms with Crippen LogP contribution in [0.25, 0.3) is 0 Å². The zero-order valence-corrected chi connectivity index (χ0v) is 33.7. The van der Waals surface area contributed by atoms with E-state index in [0.29, 0.717) is 35.7 Å². The molecular weight excluding hydrogens is 573 g/mol. The van der Waals surface area contributed by atoms with Crippen LogP contribution in [0.15, 0.2) is 23.3 Å². The predicted octanol–water partition coefficient (Wildman–Crippen LogP) is 11.3. The first kappa shape index (κ1) is 36.6. The van der Waals surface area contributed by atoms with E-state index in [0.717, 1.165) is 25.7 Å². The van der Waals surface area contributed by atoms with Crippen LogP contribution in [0.1, 0.15) is 128 Å². The normalized spacial score (nSPS) is 36.2. The summed E-state index contributed by atoms with van der Waals surface area (Å²) in [6.07, 6.45) is 14.3. The molecule has 0 spiro atoms. The fourth-order valence-electron chi connectivity index (χ4n) is 9.38. The highest BCUT2D eigenvalue weighted by atomic mass is 28.4. The number of aliphatic hydroxyl groups is 1. The van der Waals surface area contributed by atoms with Gasteiger partial charge in [0.05, 0.1) is 12.2 Å². The van der Waals surface area contributed by atoms with E-state index in [-0.39, 0.29) is 33.1 Å². The summed E-state index contributed by atoms with van der Waals surface area (Å²) in [5.74, 6) is 2.89. The quantitative estimate of drug-likeness (QED) is 0.254. The van der Waals surface area contributed by atoms with Crippen LogP contribution >= 0.6 is 0 Å². The minimum Gasteiger partial charge on any atom is -0.414 e. The molecule has 0 amide bonds. The molecule has 0 aromatic rings. The minimum absolute atomic E-state index is 0.0899. The van der Waals surface area contributed by atoms with Crippen LogP contribution in [0.3, 0.4) is 0 Å². The van der Waals surface area contributed by atoms with Crippen LogP contribution < -0.4 is 0 Å². The van der Waals surface area contributed by atoms with Gasteiger partial charge in [0.25, 0.3) is 0 Å². The number of fused-ring (bicyclic) bond motifs is 5. The van der Waals surface area contributed by atoms with Crippen LogP contribution in [0.5, 0.6) is 0 Å². The molecular formula is C39H72O3Si2.